The molecule has 0 bridgehead atoms. The fourth-order valence-electron chi connectivity index (χ4n) is 2.38. The lowest BCUT2D eigenvalue weighted by atomic mass is 9.99. The van der Waals surface area contributed by atoms with Gasteiger partial charge in [0.05, 0.1) is 15.3 Å². The van der Waals surface area contributed by atoms with E-state index in [0.717, 1.165) is 5.56 Å². The highest BCUT2D eigenvalue weighted by molar-refractivity contribution is 7.18. The monoisotopic (exact) mass is 363 g/mol. The molecular formula is C19H22ClNO2S. The summed E-state index contributed by atoms with van der Waals surface area (Å²) < 4.78 is 0.585. The van der Waals surface area contributed by atoms with E-state index in [1.54, 1.807) is 12.1 Å². The largest absolute Gasteiger partial charge is 0.350 e. The van der Waals surface area contributed by atoms with Crippen LogP contribution in [0.4, 0.5) is 0 Å². The van der Waals surface area contributed by atoms with Gasteiger partial charge in [-0.25, -0.2) is 0 Å². The number of carbonyl (C=O) groups excluding carboxylic acids is 2. The molecule has 0 saturated heterocycles. The minimum atomic E-state index is -0.119. The summed E-state index contributed by atoms with van der Waals surface area (Å²) in [6.45, 7) is 6.25. The Kier molecular flexibility index (Phi) is 6.58. The molecule has 0 aliphatic rings. The minimum Gasteiger partial charge on any atom is -0.350 e. The van der Waals surface area contributed by atoms with E-state index in [-0.39, 0.29) is 30.6 Å². The van der Waals surface area contributed by atoms with Gasteiger partial charge in [-0.15, -0.1) is 11.3 Å². The zero-order chi connectivity index (χ0) is 17.7. The highest BCUT2D eigenvalue weighted by Crippen LogP contribution is 2.23. The number of carbonyl (C=O) groups is 2. The van der Waals surface area contributed by atoms with Crippen LogP contribution in [0.2, 0.25) is 4.34 Å². The number of rotatable bonds is 7. The van der Waals surface area contributed by atoms with Crippen LogP contribution >= 0.6 is 22.9 Å². The molecule has 2 rings (SSSR count). The quantitative estimate of drug-likeness (QED) is 0.672. The van der Waals surface area contributed by atoms with Crippen LogP contribution < -0.4 is 5.32 Å². The summed E-state index contributed by atoms with van der Waals surface area (Å²) in [6.07, 6.45) is 0.379. The normalized spacial score (nSPS) is 12.2. The van der Waals surface area contributed by atoms with Crippen molar-refractivity contribution >= 4 is 34.6 Å². The number of thiophene rings is 1. The molecule has 0 radical (unpaired) electrons. The summed E-state index contributed by atoms with van der Waals surface area (Å²) in [7, 11) is 0. The number of amides is 1. The van der Waals surface area contributed by atoms with Crippen LogP contribution in [0, 0.1) is 0 Å². The zero-order valence-corrected chi connectivity index (χ0v) is 15.7. The predicted octanol–water partition coefficient (Wildman–Crippen LogP) is 5.37. The number of hydrogen-bond acceptors (Lipinski definition) is 3. The third kappa shape index (κ3) is 5.18. The Morgan fingerprint density at radius 1 is 1.00 bits per heavy atom. The molecule has 1 N–H and O–H groups in total. The van der Waals surface area contributed by atoms with Crippen molar-refractivity contribution in [1.82, 2.24) is 5.32 Å². The first-order valence-corrected chi connectivity index (χ1v) is 9.24. The van der Waals surface area contributed by atoms with Gasteiger partial charge in [0.1, 0.15) is 0 Å². The van der Waals surface area contributed by atoms with Gasteiger partial charge in [0.25, 0.3) is 0 Å². The minimum absolute atomic E-state index is 0.0454. The average molecular weight is 364 g/mol. The fourth-order valence-corrected chi connectivity index (χ4v) is 3.39. The molecule has 0 aliphatic heterocycles. The summed E-state index contributed by atoms with van der Waals surface area (Å²) in [6, 6.07) is 11.6. The summed E-state index contributed by atoms with van der Waals surface area (Å²) in [4.78, 5) is 24.7. The van der Waals surface area contributed by atoms with Crippen molar-refractivity contribution < 1.29 is 9.59 Å². The van der Waals surface area contributed by atoms with Gasteiger partial charge in [-0.3, -0.25) is 9.59 Å². The van der Waals surface area contributed by atoms with E-state index < -0.39 is 0 Å². The Balaban J connectivity index is 1.84. The van der Waals surface area contributed by atoms with Crippen LogP contribution in [0.1, 0.15) is 66.4 Å². The number of hydrogen-bond donors (Lipinski definition) is 1. The first-order chi connectivity index (χ1) is 11.4. The lowest BCUT2D eigenvalue weighted by Crippen LogP contribution is -2.26. The van der Waals surface area contributed by atoms with Crippen molar-refractivity contribution in [2.24, 2.45) is 0 Å². The van der Waals surface area contributed by atoms with E-state index >= 15 is 0 Å². The molecule has 24 heavy (non-hydrogen) atoms. The molecule has 1 heterocycles. The number of ketones is 1. The van der Waals surface area contributed by atoms with Crippen LogP contribution in [0.25, 0.3) is 0 Å². The van der Waals surface area contributed by atoms with Gasteiger partial charge in [-0.1, -0.05) is 49.7 Å². The average Bonchev–Trinajstić information content (AvgIpc) is 2.99. The summed E-state index contributed by atoms with van der Waals surface area (Å²) in [5.74, 6) is 0.322. The highest BCUT2D eigenvalue weighted by atomic mass is 35.5. The zero-order valence-electron chi connectivity index (χ0n) is 14.1. The summed E-state index contributed by atoms with van der Waals surface area (Å²) in [5.41, 5.74) is 2.33. The first-order valence-electron chi connectivity index (χ1n) is 8.04. The lowest BCUT2D eigenvalue weighted by Gasteiger charge is -2.15. The number of benzene rings is 1. The molecule has 0 spiro atoms. The fraction of sp³-hybridized carbons (Fsp3) is 0.368. The highest BCUT2D eigenvalue weighted by Gasteiger charge is 2.14. The molecule has 2 aromatic rings. The first kappa shape index (κ1) is 18.7. The third-order valence-corrected chi connectivity index (χ3v) is 5.18. The standard InChI is InChI=1S/C19H22ClNO2S/c1-12(2)14-4-6-15(7-5-14)13(3)21-19(23)11-8-16(22)17-9-10-18(20)24-17/h4-7,9-10,12-13H,8,11H2,1-3H3,(H,21,23). The number of nitrogens with one attached hydrogen (secondary N) is 1. The lowest BCUT2D eigenvalue weighted by molar-refractivity contribution is -0.121. The smallest absolute Gasteiger partial charge is 0.220 e. The number of Topliss-reactive ketones (excluding diaryl/α,β-unsaturated/α-hetero) is 1. The van der Waals surface area contributed by atoms with Crippen LogP contribution in [-0.2, 0) is 4.79 Å². The molecule has 3 nitrogen and oxygen atoms in total. The van der Waals surface area contributed by atoms with Crippen LogP contribution in [0.15, 0.2) is 36.4 Å². The van der Waals surface area contributed by atoms with Gasteiger partial charge in [-0.05, 0) is 36.1 Å². The third-order valence-electron chi connectivity index (χ3n) is 3.91. The Hall–Kier alpha value is -1.65. The number of halogens is 1. The Labute approximate surface area is 152 Å². The van der Waals surface area contributed by atoms with Crippen molar-refractivity contribution in [2.75, 3.05) is 0 Å². The second-order valence-corrected chi connectivity index (χ2v) is 7.85. The Morgan fingerprint density at radius 2 is 1.62 bits per heavy atom. The maximum Gasteiger partial charge on any atom is 0.220 e. The van der Waals surface area contributed by atoms with Crippen molar-refractivity contribution in [3.05, 3.63) is 56.7 Å². The van der Waals surface area contributed by atoms with Crippen LogP contribution in [0.3, 0.4) is 0 Å². The molecular weight excluding hydrogens is 342 g/mol. The van der Waals surface area contributed by atoms with Crippen molar-refractivity contribution in [2.45, 2.75) is 45.6 Å². The molecule has 0 saturated carbocycles. The summed E-state index contributed by atoms with van der Waals surface area (Å²) >= 11 is 7.07. The van der Waals surface area contributed by atoms with E-state index in [4.69, 9.17) is 11.6 Å². The maximum atomic E-state index is 12.1. The van der Waals surface area contributed by atoms with Gasteiger partial charge < -0.3 is 5.32 Å². The van der Waals surface area contributed by atoms with E-state index in [1.165, 1.54) is 16.9 Å². The molecule has 1 amide bonds. The molecule has 5 heteroatoms. The van der Waals surface area contributed by atoms with Gasteiger partial charge in [0, 0.05) is 12.8 Å². The molecule has 128 valence electrons. The van der Waals surface area contributed by atoms with Gasteiger partial charge in [0.15, 0.2) is 5.78 Å². The van der Waals surface area contributed by atoms with E-state index in [0.29, 0.717) is 15.1 Å². The van der Waals surface area contributed by atoms with Gasteiger partial charge >= 0.3 is 0 Å². The Morgan fingerprint density at radius 3 is 2.17 bits per heavy atom. The van der Waals surface area contributed by atoms with E-state index in [1.807, 2.05) is 19.1 Å². The van der Waals surface area contributed by atoms with E-state index in [9.17, 15) is 9.59 Å². The molecule has 0 aliphatic carbocycles. The van der Waals surface area contributed by atoms with Crippen molar-refractivity contribution in [3.8, 4) is 0 Å². The predicted molar refractivity (Wildman–Crippen MR) is 100.0 cm³/mol. The summed E-state index contributed by atoms with van der Waals surface area (Å²) in [5, 5.41) is 2.94. The van der Waals surface area contributed by atoms with Crippen LogP contribution in [0.5, 0.6) is 0 Å². The van der Waals surface area contributed by atoms with Gasteiger partial charge in [0.2, 0.25) is 5.91 Å². The van der Waals surface area contributed by atoms with E-state index in [2.05, 4.69) is 31.3 Å². The van der Waals surface area contributed by atoms with Gasteiger partial charge in [-0.2, -0.15) is 0 Å². The maximum absolute atomic E-state index is 12.1. The Bertz CT molecular complexity index is 706. The molecule has 0 fully saturated rings. The molecule has 1 atom stereocenters. The topological polar surface area (TPSA) is 46.2 Å². The molecule has 1 aromatic heterocycles. The second-order valence-electron chi connectivity index (χ2n) is 6.14. The SMILES string of the molecule is CC(C)c1ccc(C(C)NC(=O)CCC(=O)c2ccc(Cl)s2)cc1. The second kappa shape index (κ2) is 8.45. The van der Waals surface area contributed by atoms with Crippen molar-refractivity contribution in [1.29, 1.82) is 0 Å². The van der Waals surface area contributed by atoms with Crippen LogP contribution in [-0.4, -0.2) is 11.7 Å². The van der Waals surface area contributed by atoms with Crippen molar-refractivity contribution in [3.63, 3.8) is 0 Å². The molecule has 1 unspecified atom stereocenters. The molecule has 1 aromatic carbocycles.